The zero-order chi connectivity index (χ0) is 15.4. The number of ether oxygens (including phenoxy) is 2. The van der Waals surface area contributed by atoms with E-state index in [1.807, 2.05) is 0 Å². The number of aromatic carboxylic acids is 1. The lowest BCUT2D eigenvalue weighted by molar-refractivity contribution is 0.0693. The fraction of sp³-hybridized carbons (Fsp3) is 0.133. The number of methoxy groups -OCH3 is 1. The van der Waals surface area contributed by atoms with Gasteiger partial charge in [-0.3, -0.25) is 0 Å². The smallest absolute Gasteiger partial charge is 0.339 e. The third kappa shape index (κ3) is 3.64. The molecule has 0 atom stereocenters. The fourth-order valence-corrected chi connectivity index (χ4v) is 1.86. The van der Waals surface area contributed by atoms with Crippen molar-refractivity contribution in [3.05, 3.63) is 58.4 Å². The van der Waals surface area contributed by atoms with E-state index in [1.165, 1.54) is 31.4 Å². The number of carbonyl (C=O) groups is 1. The first-order chi connectivity index (χ1) is 10.0. The highest BCUT2D eigenvalue weighted by molar-refractivity contribution is 6.30. The first-order valence-corrected chi connectivity index (χ1v) is 6.37. The summed E-state index contributed by atoms with van der Waals surface area (Å²) < 4.78 is 23.6. The van der Waals surface area contributed by atoms with Crippen LogP contribution in [0.1, 0.15) is 15.9 Å². The number of carboxylic acids is 1. The number of benzene rings is 2. The lowest BCUT2D eigenvalue weighted by atomic mass is 10.1. The minimum absolute atomic E-state index is 0.0139. The molecule has 2 rings (SSSR count). The van der Waals surface area contributed by atoms with E-state index in [0.717, 1.165) is 0 Å². The Morgan fingerprint density at radius 1 is 1.29 bits per heavy atom. The third-order valence-corrected chi connectivity index (χ3v) is 3.10. The van der Waals surface area contributed by atoms with Gasteiger partial charge in [0, 0.05) is 6.07 Å². The summed E-state index contributed by atoms with van der Waals surface area (Å²) in [7, 11) is 1.40. The van der Waals surface area contributed by atoms with E-state index >= 15 is 0 Å². The number of halogens is 2. The van der Waals surface area contributed by atoms with Crippen LogP contribution in [0, 0.1) is 5.82 Å². The highest BCUT2D eigenvalue weighted by atomic mass is 35.5. The molecule has 0 saturated heterocycles. The summed E-state index contributed by atoms with van der Waals surface area (Å²) in [6.45, 7) is 0.103. The quantitative estimate of drug-likeness (QED) is 0.913. The van der Waals surface area contributed by atoms with Crippen LogP contribution < -0.4 is 9.47 Å². The van der Waals surface area contributed by atoms with E-state index in [-0.39, 0.29) is 22.9 Å². The van der Waals surface area contributed by atoms with Gasteiger partial charge < -0.3 is 14.6 Å². The largest absolute Gasteiger partial charge is 0.496 e. The second kappa shape index (κ2) is 6.45. The standard InChI is InChI=1S/C15H12ClFO4/c1-20-14-5-2-9(6-11(14)15(18)19)8-21-10-3-4-12(16)13(17)7-10/h2-7H,8H2,1H3,(H,18,19). The van der Waals surface area contributed by atoms with Crippen molar-refractivity contribution in [3.8, 4) is 11.5 Å². The maximum Gasteiger partial charge on any atom is 0.339 e. The molecule has 0 heterocycles. The third-order valence-electron chi connectivity index (χ3n) is 2.79. The topological polar surface area (TPSA) is 55.8 Å². The molecule has 0 aromatic heterocycles. The van der Waals surface area contributed by atoms with Crippen LogP contribution in [0.4, 0.5) is 4.39 Å². The van der Waals surface area contributed by atoms with Crippen LogP contribution in [0.2, 0.25) is 5.02 Å². The molecule has 110 valence electrons. The van der Waals surface area contributed by atoms with Crippen molar-refractivity contribution in [2.75, 3.05) is 7.11 Å². The second-order valence-electron chi connectivity index (χ2n) is 4.20. The van der Waals surface area contributed by atoms with E-state index in [1.54, 1.807) is 12.1 Å². The van der Waals surface area contributed by atoms with Crippen molar-refractivity contribution in [1.29, 1.82) is 0 Å². The number of hydrogen-bond acceptors (Lipinski definition) is 3. The van der Waals surface area contributed by atoms with Crippen molar-refractivity contribution < 1.29 is 23.8 Å². The Bertz CT molecular complexity index is 673. The van der Waals surface area contributed by atoms with Crippen LogP contribution in [0.3, 0.4) is 0 Å². The molecule has 0 aliphatic carbocycles. The molecule has 4 nitrogen and oxygen atoms in total. The minimum Gasteiger partial charge on any atom is -0.496 e. The molecule has 1 N–H and O–H groups in total. The van der Waals surface area contributed by atoms with Crippen LogP contribution in [-0.4, -0.2) is 18.2 Å². The second-order valence-corrected chi connectivity index (χ2v) is 4.61. The summed E-state index contributed by atoms with van der Waals surface area (Å²) in [5, 5.41) is 9.10. The van der Waals surface area contributed by atoms with Crippen molar-refractivity contribution in [3.63, 3.8) is 0 Å². The Labute approximate surface area is 125 Å². The number of hydrogen-bond donors (Lipinski definition) is 1. The summed E-state index contributed by atoms with van der Waals surface area (Å²) in [5.41, 5.74) is 0.671. The fourth-order valence-electron chi connectivity index (χ4n) is 1.75. The Balaban J connectivity index is 2.14. The highest BCUT2D eigenvalue weighted by Crippen LogP contribution is 2.23. The molecule has 0 spiro atoms. The minimum atomic E-state index is -1.09. The van der Waals surface area contributed by atoms with Gasteiger partial charge in [-0.2, -0.15) is 0 Å². The van der Waals surface area contributed by atoms with Crippen molar-refractivity contribution in [2.45, 2.75) is 6.61 Å². The first kappa shape index (κ1) is 15.1. The molecule has 0 saturated carbocycles. The summed E-state index contributed by atoms with van der Waals surface area (Å²) >= 11 is 5.58. The zero-order valence-electron chi connectivity index (χ0n) is 11.1. The zero-order valence-corrected chi connectivity index (χ0v) is 11.9. The van der Waals surface area contributed by atoms with Crippen molar-refractivity contribution in [1.82, 2.24) is 0 Å². The molecule has 0 amide bonds. The van der Waals surface area contributed by atoms with Gasteiger partial charge in [0.1, 0.15) is 29.5 Å². The molecule has 2 aromatic rings. The van der Waals surface area contributed by atoms with E-state index < -0.39 is 11.8 Å². The van der Waals surface area contributed by atoms with Gasteiger partial charge in [-0.25, -0.2) is 9.18 Å². The lowest BCUT2D eigenvalue weighted by Crippen LogP contribution is -2.03. The monoisotopic (exact) mass is 310 g/mol. The van der Waals surface area contributed by atoms with E-state index in [0.29, 0.717) is 11.3 Å². The molecule has 2 aromatic carbocycles. The van der Waals surface area contributed by atoms with Crippen LogP contribution in [-0.2, 0) is 6.61 Å². The predicted molar refractivity (Wildman–Crippen MR) is 75.7 cm³/mol. The summed E-state index contributed by atoms with van der Waals surface area (Å²) in [6.07, 6.45) is 0. The van der Waals surface area contributed by atoms with Gasteiger partial charge in [-0.15, -0.1) is 0 Å². The maximum atomic E-state index is 13.3. The molecule has 0 aliphatic rings. The van der Waals surface area contributed by atoms with Crippen molar-refractivity contribution >= 4 is 17.6 Å². The van der Waals surface area contributed by atoms with E-state index in [2.05, 4.69) is 0 Å². The first-order valence-electron chi connectivity index (χ1n) is 5.99. The molecular weight excluding hydrogens is 299 g/mol. The Hall–Kier alpha value is -2.27. The van der Waals surface area contributed by atoms with Crippen molar-refractivity contribution in [2.24, 2.45) is 0 Å². The van der Waals surface area contributed by atoms with Gasteiger partial charge >= 0.3 is 5.97 Å². The van der Waals surface area contributed by atoms with Gasteiger partial charge in [-0.05, 0) is 29.8 Å². The number of rotatable bonds is 5. The molecule has 6 heteroatoms. The van der Waals surface area contributed by atoms with Crippen LogP contribution >= 0.6 is 11.6 Å². The van der Waals surface area contributed by atoms with Gasteiger partial charge in [0.25, 0.3) is 0 Å². The molecule has 0 unspecified atom stereocenters. The molecule has 0 aliphatic heterocycles. The van der Waals surface area contributed by atoms with Crippen LogP contribution in [0.5, 0.6) is 11.5 Å². The molecule has 21 heavy (non-hydrogen) atoms. The summed E-state index contributed by atoms with van der Waals surface area (Å²) in [6, 6.07) is 8.77. The maximum absolute atomic E-state index is 13.3. The lowest BCUT2D eigenvalue weighted by Gasteiger charge is -2.09. The Morgan fingerprint density at radius 3 is 2.67 bits per heavy atom. The Morgan fingerprint density at radius 2 is 2.05 bits per heavy atom. The summed E-state index contributed by atoms with van der Waals surface area (Å²) in [4.78, 5) is 11.1. The van der Waals surface area contributed by atoms with Crippen LogP contribution in [0.15, 0.2) is 36.4 Å². The SMILES string of the molecule is COc1ccc(COc2ccc(Cl)c(F)c2)cc1C(=O)O. The Kier molecular flexibility index (Phi) is 4.65. The predicted octanol–water partition coefficient (Wildman–Crippen LogP) is 3.76. The normalized spacial score (nSPS) is 10.2. The number of carboxylic acid groups (broad SMARTS) is 1. The molecule has 0 fully saturated rings. The van der Waals surface area contributed by atoms with Gasteiger partial charge in [0.05, 0.1) is 12.1 Å². The van der Waals surface area contributed by atoms with Gasteiger partial charge in [-0.1, -0.05) is 17.7 Å². The summed E-state index contributed by atoms with van der Waals surface area (Å²) in [5.74, 6) is -1.09. The highest BCUT2D eigenvalue weighted by Gasteiger charge is 2.12. The molecule has 0 radical (unpaired) electrons. The van der Waals surface area contributed by atoms with E-state index in [9.17, 15) is 9.18 Å². The van der Waals surface area contributed by atoms with E-state index in [4.69, 9.17) is 26.2 Å². The molecular formula is C15H12ClFO4. The van der Waals surface area contributed by atoms with Gasteiger partial charge in [0.2, 0.25) is 0 Å². The van der Waals surface area contributed by atoms with Gasteiger partial charge in [0.15, 0.2) is 0 Å². The van der Waals surface area contributed by atoms with Crippen LogP contribution in [0.25, 0.3) is 0 Å². The molecule has 0 bridgehead atoms. The average molecular weight is 311 g/mol. The average Bonchev–Trinajstić information content (AvgIpc) is 2.48.